The lowest BCUT2D eigenvalue weighted by molar-refractivity contribution is 0.0541. The number of hydrogen-bond donors (Lipinski definition) is 3. The number of nitrogens with one attached hydrogen (secondary N) is 1. The Hall–Kier alpha value is -1.53. The number of aryl methyl sites for hydroxylation is 1. The first-order valence-corrected chi connectivity index (χ1v) is 9.77. The number of hydrogen-bond acceptors (Lipinski definition) is 5. The van der Waals surface area contributed by atoms with Crippen molar-refractivity contribution >= 4 is 17.7 Å². The molecule has 0 aliphatic carbocycles. The van der Waals surface area contributed by atoms with Gasteiger partial charge in [-0.1, -0.05) is 46.2 Å². The quantitative estimate of drug-likeness (QED) is 0.582. The predicted molar refractivity (Wildman–Crippen MR) is 114 cm³/mol. The second kappa shape index (κ2) is 16.6. The molecule has 7 heteroatoms. The maximum absolute atomic E-state index is 10.5. The number of alkyl carbamates (subject to hydrolysis) is 1. The third-order valence-corrected chi connectivity index (χ3v) is 3.07. The van der Waals surface area contributed by atoms with E-state index in [1.807, 2.05) is 62.3 Å². The van der Waals surface area contributed by atoms with Gasteiger partial charge < -0.3 is 20.3 Å². The van der Waals surface area contributed by atoms with Crippen LogP contribution in [0, 0.1) is 6.92 Å². The fourth-order valence-corrected chi connectivity index (χ4v) is 1.95. The zero-order valence-corrected chi connectivity index (χ0v) is 19.4. The van der Waals surface area contributed by atoms with Crippen LogP contribution >= 0.6 is 11.6 Å². The Morgan fingerprint density at radius 2 is 1.78 bits per heavy atom. The highest BCUT2D eigenvalue weighted by Crippen LogP contribution is 2.33. The predicted octanol–water partition coefficient (Wildman–Crippen LogP) is 5.43. The molecule has 0 saturated carbocycles. The van der Waals surface area contributed by atoms with Gasteiger partial charge in [0.25, 0.3) is 0 Å². The van der Waals surface area contributed by atoms with Gasteiger partial charge in [-0.3, -0.25) is 0 Å². The standard InChI is InChI=1S/C10H14ClNO2.C6H13NO2.2C2H6/c1-6(3-4-13)8-5-7(2)12-10(11)9(8)14;1-6(2,3)9-5(8)7-4;2*1-2/h5-6,13-14H,3-4H2,1-2H3;1-4H3,(H,7,8);2*1-2H3. The van der Waals surface area contributed by atoms with Gasteiger partial charge in [-0.05, 0) is 46.1 Å². The first-order chi connectivity index (χ1) is 12.5. The Balaban J connectivity index is -0.000000384. The molecule has 1 atom stereocenters. The zero-order valence-electron chi connectivity index (χ0n) is 18.6. The number of aliphatic hydroxyl groups is 1. The lowest BCUT2D eigenvalue weighted by atomic mass is 9.98. The van der Waals surface area contributed by atoms with Gasteiger partial charge in [-0.2, -0.15) is 0 Å². The van der Waals surface area contributed by atoms with E-state index >= 15 is 0 Å². The van der Waals surface area contributed by atoms with E-state index in [1.165, 1.54) is 7.05 Å². The van der Waals surface area contributed by atoms with Gasteiger partial charge in [0.2, 0.25) is 0 Å². The lowest BCUT2D eigenvalue weighted by Crippen LogP contribution is -2.30. The Morgan fingerprint density at radius 1 is 1.30 bits per heavy atom. The van der Waals surface area contributed by atoms with Gasteiger partial charge in [-0.25, -0.2) is 9.78 Å². The summed E-state index contributed by atoms with van der Waals surface area (Å²) < 4.78 is 4.84. The minimum Gasteiger partial charge on any atom is -0.504 e. The molecule has 27 heavy (non-hydrogen) atoms. The van der Waals surface area contributed by atoms with Crippen molar-refractivity contribution < 1.29 is 19.7 Å². The monoisotopic (exact) mass is 406 g/mol. The van der Waals surface area contributed by atoms with Crippen LogP contribution in [0.5, 0.6) is 5.75 Å². The number of aliphatic hydroxyl groups excluding tert-OH is 1. The van der Waals surface area contributed by atoms with Crippen LogP contribution in [0.1, 0.15) is 79.0 Å². The molecule has 0 bridgehead atoms. The summed E-state index contributed by atoms with van der Waals surface area (Å²) in [5.74, 6) is 0.109. The van der Waals surface area contributed by atoms with Crippen molar-refractivity contribution in [3.63, 3.8) is 0 Å². The molecule has 1 heterocycles. The third kappa shape index (κ3) is 15.2. The molecule has 0 saturated heterocycles. The van der Waals surface area contributed by atoms with E-state index in [2.05, 4.69) is 10.3 Å². The van der Waals surface area contributed by atoms with Crippen LogP contribution in [0.4, 0.5) is 4.79 Å². The highest BCUT2D eigenvalue weighted by Gasteiger charge is 2.14. The van der Waals surface area contributed by atoms with E-state index in [1.54, 1.807) is 6.07 Å². The van der Waals surface area contributed by atoms with Crippen molar-refractivity contribution in [1.82, 2.24) is 10.3 Å². The summed E-state index contributed by atoms with van der Waals surface area (Å²) in [5, 5.41) is 20.9. The highest BCUT2D eigenvalue weighted by molar-refractivity contribution is 6.30. The van der Waals surface area contributed by atoms with E-state index in [9.17, 15) is 9.90 Å². The fraction of sp³-hybridized carbons (Fsp3) is 0.700. The minimum atomic E-state index is -0.389. The Bertz CT molecular complexity index is 517. The van der Waals surface area contributed by atoms with Crippen LogP contribution in [-0.4, -0.2) is 40.5 Å². The average Bonchev–Trinajstić information content (AvgIpc) is 2.60. The third-order valence-electron chi connectivity index (χ3n) is 2.80. The molecule has 0 aliphatic rings. The van der Waals surface area contributed by atoms with Crippen molar-refractivity contribution in [3.05, 3.63) is 22.5 Å². The number of aromatic hydroxyl groups is 1. The normalized spacial score (nSPS) is 10.7. The van der Waals surface area contributed by atoms with Crippen LogP contribution in [0.15, 0.2) is 6.07 Å². The largest absolute Gasteiger partial charge is 0.504 e. The fourth-order valence-electron chi connectivity index (χ4n) is 1.71. The molecular weight excluding hydrogens is 368 g/mol. The number of ether oxygens (including phenoxy) is 1. The number of nitrogens with zero attached hydrogens (tertiary/aromatic N) is 1. The summed E-state index contributed by atoms with van der Waals surface area (Å²) in [7, 11) is 1.54. The van der Waals surface area contributed by atoms with E-state index in [0.717, 1.165) is 11.3 Å². The number of carbonyl (C=O) groups is 1. The Kier molecular flexibility index (Phi) is 18.6. The maximum atomic E-state index is 10.5. The summed E-state index contributed by atoms with van der Waals surface area (Å²) in [4.78, 5) is 14.4. The summed E-state index contributed by atoms with van der Waals surface area (Å²) >= 11 is 5.74. The molecule has 1 aromatic rings. The molecule has 160 valence electrons. The summed E-state index contributed by atoms with van der Waals surface area (Å²) in [6, 6.07) is 1.79. The Morgan fingerprint density at radius 3 is 2.11 bits per heavy atom. The molecule has 0 aliphatic heterocycles. The number of aromatic nitrogens is 1. The average molecular weight is 407 g/mol. The molecule has 0 aromatic carbocycles. The SMILES string of the molecule is CC.CC.CNC(=O)OC(C)(C)C.Cc1cc(C(C)CCO)c(O)c(Cl)n1. The molecule has 6 nitrogen and oxygen atoms in total. The van der Waals surface area contributed by atoms with Crippen LogP contribution in [0.2, 0.25) is 5.15 Å². The molecular formula is C20H39ClN2O4. The van der Waals surface area contributed by atoms with Crippen LogP contribution in [0.25, 0.3) is 0 Å². The summed E-state index contributed by atoms with van der Waals surface area (Å²) in [6.45, 7) is 17.3. The van der Waals surface area contributed by atoms with E-state index in [0.29, 0.717) is 6.42 Å². The van der Waals surface area contributed by atoms with Crippen molar-refractivity contribution in [2.75, 3.05) is 13.7 Å². The van der Waals surface area contributed by atoms with Crippen molar-refractivity contribution in [3.8, 4) is 5.75 Å². The Labute approximate surface area is 170 Å². The smallest absolute Gasteiger partial charge is 0.407 e. The lowest BCUT2D eigenvalue weighted by Gasteiger charge is -2.18. The van der Waals surface area contributed by atoms with Gasteiger partial charge >= 0.3 is 6.09 Å². The number of amides is 1. The summed E-state index contributed by atoms with van der Waals surface area (Å²) in [5.41, 5.74) is 1.13. The van der Waals surface area contributed by atoms with Gasteiger partial charge in [0.15, 0.2) is 10.9 Å². The zero-order chi connectivity index (χ0) is 22.2. The van der Waals surface area contributed by atoms with Crippen molar-refractivity contribution in [2.45, 2.75) is 80.3 Å². The molecule has 3 N–H and O–H groups in total. The molecule has 1 unspecified atom stereocenters. The molecule has 0 spiro atoms. The number of pyridine rings is 1. The molecule has 0 fully saturated rings. The molecule has 1 aromatic heterocycles. The summed E-state index contributed by atoms with van der Waals surface area (Å²) in [6.07, 6.45) is 0.218. The van der Waals surface area contributed by atoms with E-state index < -0.39 is 0 Å². The molecule has 0 radical (unpaired) electrons. The van der Waals surface area contributed by atoms with E-state index in [4.69, 9.17) is 21.4 Å². The number of rotatable bonds is 3. The maximum Gasteiger partial charge on any atom is 0.407 e. The topological polar surface area (TPSA) is 91.7 Å². The molecule has 1 amide bonds. The van der Waals surface area contributed by atoms with E-state index in [-0.39, 0.29) is 35.1 Å². The molecule has 1 rings (SSSR count). The van der Waals surface area contributed by atoms with Gasteiger partial charge in [0.1, 0.15) is 5.60 Å². The van der Waals surface area contributed by atoms with Crippen LogP contribution in [-0.2, 0) is 4.74 Å². The van der Waals surface area contributed by atoms with Gasteiger partial charge in [0.05, 0.1) is 0 Å². The van der Waals surface area contributed by atoms with Crippen LogP contribution < -0.4 is 5.32 Å². The van der Waals surface area contributed by atoms with Gasteiger partial charge in [0, 0.05) is 24.9 Å². The minimum absolute atomic E-state index is 0.0261. The second-order valence-corrected chi connectivity index (χ2v) is 6.52. The number of halogens is 1. The second-order valence-electron chi connectivity index (χ2n) is 6.16. The first-order valence-electron chi connectivity index (χ1n) is 9.39. The highest BCUT2D eigenvalue weighted by atomic mass is 35.5. The number of carbonyl (C=O) groups excluding carboxylic acids is 1. The first kappa shape index (κ1) is 30.2. The van der Waals surface area contributed by atoms with Crippen LogP contribution in [0.3, 0.4) is 0 Å². The van der Waals surface area contributed by atoms with Gasteiger partial charge in [-0.15, -0.1) is 0 Å². The van der Waals surface area contributed by atoms with Crippen molar-refractivity contribution in [1.29, 1.82) is 0 Å². The van der Waals surface area contributed by atoms with Crippen molar-refractivity contribution in [2.24, 2.45) is 0 Å².